The maximum Gasteiger partial charge on any atom is 0.238 e. The summed E-state index contributed by atoms with van der Waals surface area (Å²) in [7, 11) is 0. The largest absolute Gasteiger partial charge is 0.598 e. The van der Waals surface area contributed by atoms with Crippen LogP contribution in [0.15, 0.2) is 18.2 Å². The summed E-state index contributed by atoms with van der Waals surface area (Å²) in [6.07, 6.45) is 1.64. The molecule has 0 aromatic heterocycles. The summed E-state index contributed by atoms with van der Waals surface area (Å²) >= 11 is -1.02. The van der Waals surface area contributed by atoms with Crippen molar-refractivity contribution in [2.75, 3.05) is 0 Å². The molecule has 1 aliphatic rings. The minimum absolute atomic E-state index is 0.203. The lowest BCUT2D eigenvalue weighted by molar-refractivity contribution is 0.0678. The van der Waals surface area contributed by atoms with E-state index in [0.29, 0.717) is 0 Å². The van der Waals surface area contributed by atoms with E-state index < -0.39 is 11.4 Å². The van der Waals surface area contributed by atoms with Crippen LogP contribution in [-0.2, 0) is 17.8 Å². The van der Waals surface area contributed by atoms with Gasteiger partial charge in [-0.1, -0.05) is 6.07 Å². The highest BCUT2D eigenvalue weighted by Gasteiger charge is 2.27. The Morgan fingerprint density at radius 3 is 2.62 bits per heavy atom. The third kappa shape index (κ3) is 4.53. The van der Waals surface area contributed by atoms with Gasteiger partial charge >= 0.3 is 0 Å². The predicted molar refractivity (Wildman–Crippen MR) is 86.0 cm³/mol. The molecule has 4 nitrogen and oxygen atoms in total. The highest BCUT2D eigenvalue weighted by atomic mass is 32.2. The average Bonchev–Trinajstić information content (AvgIpc) is 2.74. The van der Waals surface area contributed by atoms with E-state index in [1.807, 2.05) is 39.8 Å². The van der Waals surface area contributed by atoms with Gasteiger partial charge in [0.25, 0.3) is 0 Å². The Bertz CT molecular complexity index is 487. The molecule has 21 heavy (non-hydrogen) atoms. The molecular weight excluding hydrogens is 286 g/mol. The summed E-state index contributed by atoms with van der Waals surface area (Å²) in [5.41, 5.74) is 1.21. The van der Waals surface area contributed by atoms with Crippen LogP contribution in [0.5, 0.6) is 11.5 Å². The number of hydrogen-bond donors (Lipinski definition) is 1. The van der Waals surface area contributed by atoms with Crippen molar-refractivity contribution in [1.29, 1.82) is 0 Å². The Morgan fingerprint density at radius 2 is 1.95 bits per heavy atom. The zero-order chi connectivity index (χ0) is 15.6. The number of nitrogens with one attached hydrogen (secondary N) is 1. The molecule has 0 spiro atoms. The van der Waals surface area contributed by atoms with Crippen molar-refractivity contribution >= 4 is 11.4 Å². The van der Waals surface area contributed by atoms with Gasteiger partial charge in [0, 0.05) is 18.3 Å². The molecule has 118 valence electrons. The lowest BCUT2D eigenvalue weighted by Gasteiger charge is -2.26. The van der Waals surface area contributed by atoms with Crippen molar-refractivity contribution in [2.24, 2.45) is 0 Å². The zero-order valence-corrected chi connectivity index (χ0v) is 14.3. The molecule has 1 aromatic carbocycles. The van der Waals surface area contributed by atoms with Gasteiger partial charge in [-0.3, -0.25) is 0 Å². The van der Waals surface area contributed by atoms with Gasteiger partial charge < -0.3 is 14.0 Å². The maximum absolute atomic E-state index is 12.0. The molecule has 3 atom stereocenters. The van der Waals surface area contributed by atoms with E-state index in [9.17, 15) is 4.55 Å². The summed E-state index contributed by atoms with van der Waals surface area (Å²) < 4.78 is 26.1. The first-order valence-electron chi connectivity index (χ1n) is 7.40. The van der Waals surface area contributed by atoms with Crippen molar-refractivity contribution in [1.82, 2.24) is 4.72 Å². The van der Waals surface area contributed by atoms with E-state index >= 15 is 0 Å². The molecule has 0 amide bonds. The Balaban J connectivity index is 1.85. The molecular formula is C16H25NO3S. The number of aryl methyl sites for hydroxylation is 1. The second-order valence-electron chi connectivity index (χ2n) is 6.52. The molecule has 0 radical (unpaired) electrons. The molecule has 1 aromatic rings. The van der Waals surface area contributed by atoms with Crippen LogP contribution in [0.3, 0.4) is 0 Å². The van der Waals surface area contributed by atoms with E-state index in [1.165, 1.54) is 5.56 Å². The van der Waals surface area contributed by atoms with Crippen LogP contribution in [-0.4, -0.2) is 21.6 Å². The van der Waals surface area contributed by atoms with Gasteiger partial charge in [0.15, 0.2) is 11.5 Å². The third-order valence-electron chi connectivity index (χ3n) is 3.32. The Labute approximate surface area is 130 Å². The van der Waals surface area contributed by atoms with Gasteiger partial charge in [0.1, 0.15) is 4.75 Å². The molecule has 0 aliphatic carbocycles. The first-order valence-corrected chi connectivity index (χ1v) is 8.55. The summed E-state index contributed by atoms with van der Waals surface area (Å²) in [4.78, 5) is 0. The summed E-state index contributed by atoms with van der Waals surface area (Å²) in [5, 5.41) is 0. The topological polar surface area (TPSA) is 53.5 Å². The van der Waals surface area contributed by atoms with Crippen molar-refractivity contribution in [3.63, 3.8) is 0 Å². The third-order valence-corrected chi connectivity index (χ3v) is 5.05. The van der Waals surface area contributed by atoms with Gasteiger partial charge in [-0.25, -0.2) is 0 Å². The van der Waals surface area contributed by atoms with E-state index in [4.69, 9.17) is 9.47 Å². The molecule has 5 heteroatoms. The molecule has 0 bridgehead atoms. The Kier molecular flexibility index (Phi) is 5.07. The second kappa shape index (κ2) is 6.46. The van der Waals surface area contributed by atoms with E-state index in [1.54, 1.807) is 0 Å². The number of hydrogen-bond acceptors (Lipinski definition) is 4. The van der Waals surface area contributed by atoms with Crippen molar-refractivity contribution < 1.29 is 14.0 Å². The fourth-order valence-corrected chi connectivity index (χ4v) is 2.92. The van der Waals surface area contributed by atoms with Gasteiger partial charge in [0.2, 0.25) is 6.29 Å². The van der Waals surface area contributed by atoms with Gasteiger partial charge in [-0.05, 0) is 58.2 Å². The van der Waals surface area contributed by atoms with Crippen molar-refractivity contribution in [3.05, 3.63) is 23.8 Å². The van der Waals surface area contributed by atoms with Gasteiger partial charge in [-0.15, -0.1) is 4.72 Å². The smallest absolute Gasteiger partial charge is 0.238 e. The van der Waals surface area contributed by atoms with Crippen LogP contribution >= 0.6 is 0 Å². The van der Waals surface area contributed by atoms with Crippen molar-refractivity contribution in [3.8, 4) is 11.5 Å². The first kappa shape index (κ1) is 16.5. The average molecular weight is 311 g/mol. The standard InChI is InChI=1S/C16H25NO3S/c1-11(17-21(18)16(3,4)5)6-7-13-8-9-14-15(10-13)20-12(2)19-14/h8-12,17H,6-7H2,1-5H3/t11-,12?,21?/m1/s1. The number of rotatable bonds is 5. The minimum Gasteiger partial charge on any atom is -0.598 e. The fourth-order valence-electron chi connectivity index (χ4n) is 2.08. The normalized spacial score (nSPS) is 20.4. The van der Waals surface area contributed by atoms with Crippen LogP contribution in [0.1, 0.15) is 46.6 Å². The molecule has 0 saturated carbocycles. The molecule has 1 heterocycles. The minimum atomic E-state index is -1.02. The highest BCUT2D eigenvalue weighted by molar-refractivity contribution is 7.90. The van der Waals surface area contributed by atoms with Gasteiger partial charge in [-0.2, -0.15) is 0 Å². The van der Waals surface area contributed by atoms with E-state index in [2.05, 4.69) is 17.7 Å². The Morgan fingerprint density at radius 1 is 1.29 bits per heavy atom. The molecule has 1 N–H and O–H groups in total. The fraction of sp³-hybridized carbons (Fsp3) is 0.625. The Hall–Kier alpha value is -0.910. The van der Waals surface area contributed by atoms with Crippen LogP contribution in [0.4, 0.5) is 0 Å². The summed E-state index contributed by atoms with van der Waals surface area (Å²) in [5.74, 6) is 1.63. The van der Waals surface area contributed by atoms with Crippen LogP contribution in [0.2, 0.25) is 0 Å². The second-order valence-corrected chi connectivity index (χ2v) is 8.52. The van der Waals surface area contributed by atoms with Crippen molar-refractivity contribution in [2.45, 2.75) is 64.5 Å². The quantitative estimate of drug-likeness (QED) is 0.849. The molecule has 2 rings (SSSR count). The summed E-state index contributed by atoms with van der Waals surface area (Å²) in [6.45, 7) is 9.87. The van der Waals surface area contributed by atoms with E-state index in [0.717, 1.165) is 24.3 Å². The lowest BCUT2D eigenvalue weighted by Crippen LogP contribution is -2.43. The van der Waals surface area contributed by atoms with Crippen LogP contribution in [0, 0.1) is 0 Å². The summed E-state index contributed by atoms with van der Waals surface area (Å²) in [6, 6.07) is 6.26. The van der Waals surface area contributed by atoms with Crippen LogP contribution in [0.25, 0.3) is 0 Å². The molecule has 0 saturated heterocycles. The number of ether oxygens (including phenoxy) is 2. The lowest BCUT2D eigenvalue weighted by atomic mass is 10.1. The van der Waals surface area contributed by atoms with E-state index in [-0.39, 0.29) is 17.1 Å². The number of benzene rings is 1. The highest BCUT2D eigenvalue weighted by Crippen LogP contribution is 2.35. The van der Waals surface area contributed by atoms with Gasteiger partial charge in [0.05, 0.1) is 6.04 Å². The predicted octanol–water partition coefficient (Wildman–Crippen LogP) is 3.18. The molecule has 0 fully saturated rings. The zero-order valence-electron chi connectivity index (χ0n) is 13.4. The maximum atomic E-state index is 12.0. The first-order chi connectivity index (χ1) is 9.75. The van der Waals surface area contributed by atoms with Crippen LogP contribution < -0.4 is 14.2 Å². The SMILES string of the molecule is CC1Oc2ccc(CC[C@@H](C)N[S+]([O-])C(C)(C)C)cc2O1. The number of fused-ring (bicyclic) bond motifs is 1. The molecule has 2 unspecified atom stereocenters. The molecule has 1 aliphatic heterocycles. The monoisotopic (exact) mass is 311 g/mol.